The number of anilines is 2. The van der Waals surface area contributed by atoms with Crippen LogP contribution in [0.4, 0.5) is 11.8 Å². The third-order valence-electron chi connectivity index (χ3n) is 2.74. The maximum Gasteiger partial charge on any atom is 0.222 e. The van der Waals surface area contributed by atoms with Crippen molar-refractivity contribution in [2.75, 3.05) is 24.3 Å². The van der Waals surface area contributed by atoms with E-state index in [9.17, 15) is 10.2 Å². The molecule has 1 aromatic carbocycles. The Hall–Kier alpha value is -1.92. The molecule has 0 atom stereocenters. The van der Waals surface area contributed by atoms with Crippen LogP contribution >= 0.6 is 0 Å². The predicted octanol–water partition coefficient (Wildman–Crippen LogP) is 0.367. The highest BCUT2D eigenvalue weighted by atomic mass is 16.3. The molecule has 6 heteroatoms. The van der Waals surface area contributed by atoms with Gasteiger partial charge in [0.25, 0.3) is 0 Å². The van der Waals surface area contributed by atoms with Crippen LogP contribution in [0, 0.1) is 0 Å². The van der Waals surface area contributed by atoms with Gasteiger partial charge < -0.3 is 21.3 Å². The smallest absolute Gasteiger partial charge is 0.222 e. The first-order valence-electron chi connectivity index (χ1n) is 5.60. The monoisotopic (exact) mass is 248 g/mol. The molecule has 0 aliphatic carbocycles. The molecule has 0 spiro atoms. The van der Waals surface area contributed by atoms with Crippen LogP contribution in [0.1, 0.15) is 6.92 Å². The lowest BCUT2D eigenvalue weighted by Gasteiger charge is -2.27. The molecular weight excluding hydrogens is 232 g/mol. The molecule has 18 heavy (non-hydrogen) atoms. The van der Waals surface area contributed by atoms with Crippen LogP contribution in [0.5, 0.6) is 0 Å². The van der Waals surface area contributed by atoms with Crippen LogP contribution in [-0.2, 0) is 0 Å². The lowest BCUT2D eigenvalue weighted by atomic mass is 10.1. The Bertz CT molecular complexity index is 555. The Morgan fingerprint density at radius 1 is 1.22 bits per heavy atom. The van der Waals surface area contributed by atoms with Crippen molar-refractivity contribution in [2.24, 2.45) is 0 Å². The maximum atomic E-state index is 9.29. The Balaban J connectivity index is 2.50. The zero-order valence-corrected chi connectivity index (χ0v) is 10.1. The molecule has 0 aliphatic rings. The van der Waals surface area contributed by atoms with E-state index >= 15 is 0 Å². The summed E-state index contributed by atoms with van der Waals surface area (Å²) in [6, 6.07) is 7.40. The number of fused-ring (bicyclic) bond motifs is 1. The van der Waals surface area contributed by atoms with Gasteiger partial charge in [0.05, 0.1) is 24.3 Å². The fourth-order valence-electron chi connectivity index (χ4n) is 1.60. The van der Waals surface area contributed by atoms with Crippen molar-refractivity contribution in [2.45, 2.75) is 12.5 Å². The minimum atomic E-state index is -0.858. The van der Waals surface area contributed by atoms with Gasteiger partial charge in [-0.05, 0) is 19.1 Å². The summed E-state index contributed by atoms with van der Waals surface area (Å²) in [6.07, 6.45) is 0. The second kappa shape index (κ2) is 4.75. The normalized spacial score (nSPS) is 11.7. The van der Waals surface area contributed by atoms with Gasteiger partial charge in [0, 0.05) is 5.39 Å². The number of para-hydroxylation sites is 1. The number of benzene rings is 1. The lowest BCUT2D eigenvalue weighted by Crippen LogP contribution is -2.42. The van der Waals surface area contributed by atoms with Crippen molar-refractivity contribution in [3.63, 3.8) is 0 Å². The van der Waals surface area contributed by atoms with Gasteiger partial charge >= 0.3 is 0 Å². The van der Waals surface area contributed by atoms with E-state index in [4.69, 9.17) is 5.73 Å². The third-order valence-corrected chi connectivity index (χ3v) is 2.74. The standard InChI is InChI=1S/C12H16N4O2/c1-12(6-17,7-18)16-10-8-4-2-3-5-9(8)14-11(13)15-10/h2-5,17-18H,6-7H2,1H3,(H3,13,14,15,16). The quantitative estimate of drug-likeness (QED) is 0.623. The zero-order valence-electron chi connectivity index (χ0n) is 10.1. The Kier molecular flexibility index (Phi) is 3.31. The molecule has 1 heterocycles. The molecule has 0 amide bonds. The van der Waals surface area contributed by atoms with Gasteiger partial charge in [-0.3, -0.25) is 0 Å². The summed E-state index contributed by atoms with van der Waals surface area (Å²) in [4.78, 5) is 8.24. The molecule has 96 valence electrons. The van der Waals surface area contributed by atoms with E-state index in [-0.39, 0.29) is 19.2 Å². The lowest BCUT2D eigenvalue weighted by molar-refractivity contribution is 0.147. The number of nitrogens with one attached hydrogen (secondary N) is 1. The first-order chi connectivity index (χ1) is 8.58. The molecule has 0 saturated carbocycles. The summed E-state index contributed by atoms with van der Waals surface area (Å²) in [6.45, 7) is 1.25. The Morgan fingerprint density at radius 3 is 2.56 bits per heavy atom. The number of rotatable bonds is 4. The molecule has 0 aliphatic heterocycles. The van der Waals surface area contributed by atoms with E-state index in [0.717, 1.165) is 5.39 Å². The molecule has 0 fully saturated rings. The summed E-state index contributed by atoms with van der Waals surface area (Å²) in [5.41, 5.74) is 5.50. The molecule has 0 radical (unpaired) electrons. The second-order valence-electron chi connectivity index (χ2n) is 4.45. The fraction of sp³-hybridized carbons (Fsp3) is 0.333. The first kappa shape index (κ1) is 12.5. The molecule has 0 saturated heterocycles. The summed E-state index contributed by atoms with van der Waals surface area (Å²) >= 11 is 0. The number of hydrogen-bond acceptors (Lipinski definition) is 6. The molecule has 6 nitrogen and oxygen atoms in total. The summed E-state index contributed by atoms with van der Waals surface area (Å²) in [5, 5.41) is 22.4. The topological polar surface area (TPSA) is 104 Å². The molecular formula is C12H16N4O2. The number of aliphatic hydroxyl groups is 2. The van der Waals surface area contributed by atoms with E-state index in [1.807, 2.05) is 24.3 Å². The van der Waals surface area contributed by atoms with E-state index in [2.05, 4.69) is 15.3 Å². The van der Waals surface area contributed by atoms with Gasteiger partial charge in [-0.1, -0.05) is 12.1 Å². The van der Waals surface area contributed by atoms with Gasteiger partial charge in [-0.2, -0.15) is 4.98 Å². The van der Waals surface area contributed by atoms with Crippen LogP contribution in [0.2, 0.25) is 0 Å². The number of nitrogens with zero attached hydrogens (tertiary/aromatic N) is 2. The van der Waals surface area contributed by atoms with Crippen molar-refractivity contribution in [3.05, 3.63) is 24.3 Å². The van der Waals surface area contributed by atoms with Crippen molar-refractivity contribution in [3.8, 4) is 0 Å². The molecule has 5 N–H and O–H groups in total. The van der Waals surface area contributed by atoms with Crippen molar-refractivity contribution in [1.29, 1.82) is 0 Å². The summed E-state index contributed by atoms with van der Waals surface area (Å²) in [7, 11) is 0. The molecule has 0 bridgehead atoms. The van der Waals surface area contributed by atoms with E-state index in [1.165, 1.54) is 0 Å². The highest BCUT2D eigenvalue weighted by molar-refractivity contribution is 5.90. The van der Waals surface area contributed by atoms with Crippen LogP contribution in [0.25, 0.3) is 10.9 Å². The highest BCUT2D eigenvalue weighted by Gasteiger charge is 2.23. The first-order valence-corrected chi connectivity index (χ1v) is 5.60. The van der Waals surface area contributed by atoms with Crippen molar-refractivity contribution in [1.82, 2.24) is 9.97 Å². The molecule has 0 unspecified atom stereocenters. The van der Waals surface area contributed by atoms with E-state index < -0.39 is 5.54 Å². The van der Waals surface area contributed by atoms with Crippen LogP contribution in [-0.4, -0.2) is 38.9 Å². The van der Waals surface area contributed by atoms with E-state index in [0.29, 0.717) is 11.3 Å². The van der Waals surface area contributed by atoms with E-state index in [1.54, 1.807) is 6.92 Å². The Morgan fingerprint density at radius 2 is 1.89 bits per heavy atom. The van der Waals surface area contributed by atoms with Gasteiger partial charge in [0.2, 0.25) is 5.95 Å². The predicted molar refractivity (Wildman–Crippen MR) is 70.1 cm³/mol. The van der Waals surface area contributed by atoms with Gasteiger partial charge in [-0.25, -0.2) is 4.98 Å². The average molecular weight is 248 g/mol. The number of aliphatic hydroxyl groups excluding tert-OH is 2. The molecule has 2 rings (SSSR count). The minimum Gasteiger partial charge on any atom is -0.394 e. The zero-order chi connectivity index (χ0) is 13.2. The number of hydrogen-bond donors (Lipinski definition) is 4. The third kappa shape index (κ3) is 2.34. The van der Waals surface area contributed by atoms with Gasteiger partial charge in [0.1, 0.15) is 5.82 Å². The molecule has 1 aromatic heterocycles. The number of nitrogens with two attached hydrogens (primary N) is 1. The number of aromatic nitrogens is 2. The highest BCUT2D eigenvalue weighted by Crippen LogP contribution is 2.23. The van der Waals surface area contributed by atoms with Crippen molar-refractivity contribution >= 4 is 22.7 Å². The van der Waals surface area contributed by atoms with Crippen LogP contribution in [0.15, 0.2) is 24.3 Å². The largest absolute Gasteiger partial charge is 0.394 e. The Labute approximate surface area is 104 Å². The maximum absolute atomic E-state index is 9.29. The summed E-state index contributed by atoms with van der Waals surface area (Å²) < 4.78 is 0. The van der Waals surface area contributed by atoms with Crippen LogP contribution < -0.4 is 11.1 Å². The van der Waals surface area contributed by atoms with Gasteiger partial charge in [0.15, 0.2) is 0 Å². The average Bonchev–Trinajstić information content (AvgIpc) is 2.38. The fourth-order valence-corrected chi connectivity index (χ4v) is 1.60. The second-order valence-corrected chi connectivity index (χ2v) is 4.45. The van der Waals surface area contributed by atoms with Crippen LogP contribution in [0.3, 0.4) is 0 Å². The number of nitrogen functional groups attached to an aromatic ring is 1. The molecule has 2 aromatic rings. The van der Waals surface area contributed by atoms with Gasteiger partial charge in [-0.15, -0.1) is 0 Å². The van der Waals surface area contributed by atoms with Crippen molar-refractivity contribution < 1.29 is 10.2 Å². The SMILES string of the molecule is CC(CO)(CO)Nc1nc(N)nc2ccccc12. The summed E-state index contributed by atoms with van der Waals surface area (Å²) in [5.74, 6) is 0.651. The minimum absolute atomic E-state index is 0.148.